The van der Waals surface area contributed by atoms with Gasteiger partial charge in [-0.2, -0.15) is 0 Å². The lowest BCUT2D eigenvalue weighted by molar-refractivity contribution is -0.131. The van der Waals surface area contributed by atoms with Gasteiger partial charge >= 0.3 is 5.97 Å². The SMILES string of the molecule is CCCC(c1cccc(/C=C/C(=O)O)c1)n1ccnc1. The lowest BCUT2D eigenvalue weighted by Gasteiger charge is -2.18. The van der Waals surface area contributed by atoms with E-state index in [0.29, 0.717) is 0 Å². The van der Waals surface area contributed by atoms with Gasteiger partial charge in [0.15, 0.2) is 0 Å². The van der Waals surface area contributed by atoms with Gasteiger partial charge in [-0.15, -0.1) is 0 Å². The second kappa shape index (κ2) is 6.70. The average Bonchev–Trinajstić information content (AvgIpc) is 2.96. The Morgan fingerprint density at radius 3 is 3.00 bits per heavy atom. The van der Waals surface area contributed by atoms with Crippen LogP contribution >= 0.6 is 0 Å². The van der Waals surface area contributed by atoms with Gasteiger partial charge in [-0.25, -0.2) is 9.78 Å². The molecule has 2 rings (SSSR count). The number of carboxylic acid groups (broad SMARTS) is 1. The lowest BCUT2D eigenvalue weighted by atomic mass is 10.00. The molecule has 2 aromatic rings. The van der Waals surface area contributed by atoms with E-state index < -0.39 is 5.97 Å². The molecule has 4 heteroatoms. The third-order valence-electron chi connectivity index (χ3n) is 3.16. The maximum absolute atomic E-state index is 10.6. The molecule has 4 nitrogen and oxygen atoms in total. The summed E-state index contributed by atoms with van der Waals surface area (Å²) in [6.45, 7) is 2.15. The van der Waals surface area contributed by atoms with Gasteiger partial charge < -0.3 is 9.67 Å². The van der Waals surface area contributed by atoms with Crippen LogP contribution in [0, 0.1) is 0 Å². The van der Waals surface area contributed by atoms with Gasteiger partial charge in [0, 0.05) is 18.5 Å². The van der Waals surface area contributed by atoms with E-state index in [-0.39, 0.29) is 6.04 Å². The van der Waals surface area contributed by atoms with E-state index in [4.69, 9.17) is 5.11 Å². The average molecular weight is 270 g/mol. The van der Waals surface area contributed by atoms with Gasteiger partial charge in [0.05, 0.1) is 12.4 Å². The second-order valence-corrected chi connectivity index (χ2v) is 4.66. The number of aliphatic carboxylic acids is 1. The highest BCUT2D eigenvalue weighted by Crippen LogP contribution is 2.24. The molecule has 0 fully saturated rings. The Morgan fingerprint density at radius 1 is 1.50 bits per heavy atom. The summed E-state index contributed by atoms with van der Waals surface area (Å²) in [5, 5.41) is 8.69. The topological polar surface area (TPSA) is 55.1 Å². The standard InChI is InChI=1S/C16H18N2O2/c1-2-4-15(18-10-9-17-12-18)14-6-3-5-13(11-14)7-8-16(19)20/h3,5-12,15H,2,4H2,1H3,(H,19,20)/b8-7+. The number of carbonyl (C=O) groups is 1. The molecule has 0 saturated carbocycles. The summed E-state index contributed by atoms with van der Waals surface area (Å²) in [4.78, 5) is 14.7. The quantitative estimate of drug-likeness (QED) is 0.819. The second-order valence-electron chi connectivity index (χ2n) is 4.66. The predicted molar refractivity (Wildman–Crippen MR) is 78.4 cm³/mol. The molecular formula is C16H18N2O2. The largest absolute Gasteiger partial charge is 0.478 e. The minimum atomic E-state index is -0.935. The molecule has 1 N–H and O–H groups in total. The molecule has 0 spiro atoms. The van der Waals surface area contributed by atoms with Crippen LogP contribution in [0.15, 0.2) is 49.1 Å². The van der Waals surface area contributed by atoms with E-state index in [0.717, 1.165) is 30.0 Å². The summed E-state index contributed by atoms with van der Waals surface area (Å²) in [6.07, 6.45) is 10.4. The van der Waals surface area contributed by atoms with Crippen LogP contribution in [0.4, 0.5) is 0 Å². The third kappa shape index (κ3) is 3.57. The van der Waals surface area contributed by atoms with Crippen molar-refractivity contribution in [1.82, 2.24) is 9.55 Å². The van der Waals surface area contributed by atoms with E-state index >= 15 is 0 Å². The number of imidazole rings is 1. The van der Waals surface area contributed by atoms with Gasteiger partial charge in [0.25, 0.3) is 0 Å². The summed E-state index contributed by atoms with van der Waals surface area (Å²) in [6, 6.07) is 8.19. The van der Waals surface area contributed by atoms with Crippen molar-refractivity contribution in [2.45, 2.75) is 25.8 Å². The molecule has 1 heterocycles. The molecular weight excluding hydrogens is 252 g/mol. The minimum absolute atomic E-state index is 0.237. The Hall–Kier alpha value is -2.36. The number of nitrogens with zero attached hydrogens (tertiary/aromatic N) is 2. The molecule has 104 valence electrons. The Labute approximate surface area is 118 Å². The molecule has 1 aromatic carbocycles. The summed E-state index contributed by atoms with van der Waals surface area (Å²) < 4.78 is 2.09. The molecule has 1 aromatic heterocycles. The number of benzene rings is 1. The fraction of sp³-hybridized carbons (Fsp3) is 0.250. The highest BCUT2D eigenvalue weighted by Gasteiger charge is 2.12. The van der Waals surface area contributed by atoms with Crippen LogP contribution in [0.25, 0.3) is 6.08 Å². The number of aromatic nitrogens is 2. The van der Waals surface area contributed by atoms with Crippen LogP contribution in [-0.2, 0) is 4.79 Å². The zero-order valence-electron chi connectivity index (χ0n) is 11.4. The van der Waals surface area contributed by atoms with E-state index in [1.54, 1.807) is 12.3 Å². The first-order valence-corrected chi connectivity index (χ1v) is 6.69. The van der Waals surface area contributed by atoms with Crippen molar-refractivity contribution in [3.05, 3.63) is 60.2 Å². The normalized spacial score (nSPS) is 12.7. The van der Waals surface area contributed by atoms with Gasteiger partial charge in [-0.3, -0.25) is 0 Å². The van der Waals surface area contributed by atoms with Crippen molar-refractivity contribution in [2.24, 2.45) is 0 Å². The third-order valence-corrected chi connectivity index (χ3v) is 3.16. The zero-order valence-corrected chi connectivity index (χ0v) is 11.4. The van der Waals surface area contributed by atoms with Crippen molar-refractivity contribution in [2.75, 3.05) is 0 Å². The summed E-state index contributed by atoms with van der Waals surface area (Å²) in [7, 11) is 0. The Kier molecular flexibility index (Phi) is 4.71. The minimum Gasteiger partial charge on any atom is -0.478 e. The van der Waals surface area contributed by atoms with Crippen molar-refractivity contribution in [3.8, 4) is 0 Å². The highest BCUT2D eigenvalue weighted by molar-refractivity contribution is 5.85. The molecule has 1 unspecified atom stereocenters. The zero-order chi connectivity index (χ0) is 14.4. The highest BCUT2D eigenvalue weighted by atomic mass is 16.4. The molecule has 20 heavy (non-hydrogen) atoms. The number of carboxylic acids is 1. The molecule has 0 aliphatic heterocycles. The van der Waals surface area contributed by atoms with E-state index in [1.165, 1.54) is 0 Å². The van der Waals surface area contributed by atoms with Crippen molar-refractivity contribution in [3.63, 3.8) is 0 Å². The molecule has 0 aliphatic rings. The molecule has 0 amide bonds. The number of hydrogen-bond acceptors (Lipinski definition) is 2. The first kappa shape index (κ1) is 14.1. The van der Waals surface area contributed by atoms with Crippen molar-refractivity contribution < 1.29 is 9.90 Å². The number of hydrogen-bond donors (Lipinski definition) is 1. The molecule has 0 saturated heterocycles. The van der Waals surface area contributed by atoms with E-state index in [2.05, 4.69) is 22.5 Å². The fourth-order valence-electron chi connectivity index (χ4n) is 2.25. The lowest BCUT2D eigenvalue weighted by Crippen LogP contribution is -2.08. The maximum Gasteiger partial charge on any atom is 0.328 e. The molecule has 1 atom stereocenters. The van der Waals surface area contributed by atoms with Gasteiger partial charge in [-0.1, -0.05) is 31.5 Å². The van der Waals surface area contributed by atoms with Crippen LogP contribution in [0.3, 0.4) is 0 Å². The molecule has 0 aliphatic carbocycles. The van der Waals surface area contributed by atoms with Crippen LogP contribution in [0.2, 0.25) is 0 Å². The molecule has 0 radical (unpaired) electrons. The van der Waals surface area contributed by atoms with Crippen molar-refractivity contribution >= 4 is 12.0 Å². The summed E-state index contributed by atoms with van der Waals surface area (Å²) in [5.41, 5.74) is 2.06. The number of rotatable bonds is 6. The first-order valence-electron chi connectivity index (χ1n) is 6.69. The molecule has 0 bridgehead atoms. The monoisotopic (exact) mass is 270 g/mol. The Bertz CT molecular complexity index is 588. The van der Waals surface area contributed by atoms with Crippen LogP contribution in [-0.4, -0.2) is 20.6 Å². The summed E-state index contributed by atoms with van der Waals surface area (Å²) >= 11 is 0. The fourth-order valence-corrected chi connectivity index (χ4v) is 2.25. The van der Waals surface area contributed by atoms with Crippen LogP contribution in [0.5, 0.6) is 0 Å². The van der Waals surface area contributed by atoms with Gasteiger partial charge in [-0.05, 0) is 29.7 Å². The van der Waals surface area contributed by atoms with E-state index in [9.17, 15) is 4.79 Å². The van der Waals surface area contributed by atoms with E-state index in [1.807, 2.05) is 30.7 Å². The van der Waals surface area contributed by atoms with Gasteiger partial charge in [0.2, 0.25) is 0 Å². The van der Waals surface area contributed by atoms with Crippen LogP contribution in [0.1, 0.15) is 36.9 Å². The van der Waals surface area contributed by atoms with Crippen molar-refractivity contribution in [1.29, 1.82) is 0 Å². The maximum atomic E-state index is 10.6. The predicted octanol–water partition coefficient (Wildman–Crippen LogP) is 3.37. The Balaban J connectivity index is 2.29. The van der Waals surface area contributed by atoms with Crippen LogP contribution < -0.4 is 0 Å². The van der Waals surface area contributed by atoms with Gasteiger partial charge in [0.1, 0.15) is 0 Å². The summed E-state index contributed by atoms with van der Waals surface area (Å²) in [5.74, 6) is -0.935. The smallest absolute Gasteiger partial charge is 0.328 e. The Morgan fingerprint density at radius 2 is 2.35 bits per heavy atom. The first-order chi connectivity index (χ1) is 9.70.